The van der Waals surface area contributed by atoms with E-state index in [9.17, 15) is 0 Å². The van der Waals surface area contributed by atoms with Crippen molar-refractivity contribution in [1.82, 2.24) is 5.32 Å². The molecule has 14 heavy (non-hydrogen) atoms. The lowest BCUT2D eigenvalue weighted by Crippen LogP contribution is -2.29. The summed E-state index contributed by atoms with van der Waals surface area (Å²) in [6, 6.07) is 9.06. The Kier molecular flexibility index (Phi) is 3.17. The van der Waals surface area contributed by atoms with Crippen LogP contribution in [0.1, 0.15) is 30.0 Å². The Labute approximate surface area is 85.0 Å². The SMILES string of the molecule is OCCCC1NCCc2ccccc21. The van der Waals surface area contributed by atoms with Crippen molar-refractivity contribution in [3.63, 3.8) is 0 Å². The molecule has 2 heteroatoms. The van der Waals surface area contributed by atoms with Gasteiger partial charge in [-0.2, -0.15) is 0 Å². The van der Waals surface area contributed by atoms with Crippen LogP contribution in [0.25, 0.3) is 0 Å². The van der Waals surface area contributed by atoms with Crippen LogP contribution in [0.4, 0.5) is 0 Å². The van der Waals surface area contributed by atoms with Crippen LogP contribution in [0.3, 0.4) is 0 Å². The van der Waals surface area contributed by atoms with E-state index in [4.69, 9.17) is 5.11 Å². The summed E-state index contributed by atoms with van der Waals surface area (Å²) in [6.07, 6.45) is 3.05. The largest absolute Gasteiger partial charge is 0.396 e. The molecule has 1 unspecified atom stereocenters. The molecule has 0 saturated heterocycles. The van der Waals surface area contributed by atoms with Crippen LogP contribution in [0.5, 0.6) is 0 Å². The van der Waals surface area contributed by atoms with Gasteiger partial charge in [-0.15, -0.1) is 0 Å². The van der Waals surface area contributed by atoms with Crippen LogP contribution in [0.2, 0.25) is 0 Å². The zero-order chi connectivity index (χ0) is 9.80. The zero-order valence-electron chi connectivity index (χ0n) is 8.37. The smallest absolute Gasteiger partial charge is 0.0431 e. The molecule has 2 nitrogen and oxygen atoms in total. The highest BCUT2D eigenvalue weighted by Crippen LogP contribution is 2.25. The van der Waals surface area contributed by atoms with E-state index >= 15 is 0 Å². The van der Waals surface area contributed by atoms with Crippen LogP contribution in [-0.4, -0.2) is 18.3 Å². The van der Waals surface area contributed by atoms with Crippen LogP contribution < -0.4 is 5.32 Å². The van der Waals surface area contributed by atoms with Crippen molar-refractivity contribution in [2.75, 3.05) is 13.2 Å². The van der Waals surface area contributed by atoms with E-state index in [2.05, 4.69) is 29.6 Å². The molecular formula is C12H17NO. The average molecular weight is 191 g/mol. The third-order valence-corrected chi connectivity index (χ3v) is 2.87. The monoisotopic (exact) mass is 191 g/mol. The van der Waals surface area contributed by atoms with Gasteiger partial charge < -0.3 is 10.4 Å². The minimum atomic E-state index is 0.292. The number of hydrogen-bond donors (Lipinski definition) is 2. The Balaban J connectivity index is 2.14. The van der Waals surface area contributed by atoms with Crippen molar-refractivity contribution in [2.24, 2.45) is 0 Å². The predicted octanol–water partition coefficient (Wildman–Crippen LogP) is 1.65. The van der Waals surface area contributed by atoms with E-state index in [0.717, 1.165) is 25.8 Å². The minimum absolute atomic E-state index is 0.292. The van der Waals surface area contributed by atoms with E-state index < -0.39 is 0 Å². The van der Waals surface area contributed by atoms with Gasteiger partial charge in [0.1, 0.15) is 0 Å². The number of aliphatic hydroxyl groups is 1. The third-order valence-electron chi connectivity index (χ3n) is 2.87. The summed E-state index contributed by atoms with van der Waals surface area (Å²) in [4.78, 5) is 0. The number of fused-ring (bicyclic) bond motifs is 1. The first-order chi connectivity index (χ1) is 6.92. The number of nitrogens with one attached hydrogen (secondary N) is 1. The molecule has 0 saturated carbocycles. The van der Waals surface area contributed by atoms with E-state index in [-0.39, 0.29) is 0 Å². The van der Waals surface area contributed by atoms with Gasteiger partial charge in [0.05, 0.1) is 0 Å². The summed E-state index contributed by atoms with van der Waals surface area (Å²) < 4.78 is 0. The first kappa shape index (κ1) is 9.69. The zero-order valence-corrected chi connectivity index (χ0v) is 8.37. The standard InChI is InChI=1S/C12H17NO/c14-9-3-6-12-11-5-2-1-4-10(11)7-8-13-12/h1-2,4-5,12-14H,3,6-9H2. The molecule has 0 aliphatic carbocycles. The van der Waals surface area contributed by atoms with Crippen molar-refractivity contribution in [3.8, 4) is 0 Å². The first-order valence-corrected chi connectivity index (χ1v) is 5.34. The molecule has 1 aliphatic rings. The summed E-state index contributed by atoms with van der Waals surface area (Å²) in [5.74, 6) is 0. The number of hydrogen-bond acceptors (Lipinski definition) is 2. The molecule has 1 atom stereocenters. The van der Waals surface area contributed by atoms with E-state index in [1.807, 2.05) is 0 Å². The van der Waals surface area contributed by atoms with Gasteiger partial charge in [0.25, 0.3) is 0 Å². The summed E-state index contributed by atoms with van der Waals surface area (Å²) in [6.45, 7) is 1.35. The molecule has 0 bridgehead atoms. The lowest BCUT2D eigenvalue weighted by molar-refractivity contribution is 0.274. The number of rotatable bonds is 3. The molecule has 1 aromatic rings. The summed E-state index contributed by atoms with van der Waals surface area (Å²) in [5.41, 5.74) is 2.89. The highest BCUT2D eigenvalue weighted by Gasteiger charge is 2.17. The van der Waals surface area contributed by atoms with Gasteiger partial charge in [0.2, 0.25) is 0 Å². The van der Waals surface area contributed by atoms with Crippen LogP contribution >= 0.6 is 0 Å². The first-order valence-electron chi connectivity index (χ1n) is 5.34. The van der Waals surface area contributed by atoms with Gasteiger partial charge in [-0.3, -0.25) is 0 Å². The topological polar surface area (TPSA) is 32.3 Å². The Morgan fingerprint density at radius 3 is 3.07 bits per heavy atom. The Morgan fingerprint density at radius 1 is 1.36 bits per heavy atom. The molecule has 1 heterocycles. The normalized spacial score (nSPS) is 20.5. The molecule has 2 N–H and O–H groups in total. The summed E-state index contributed by atoms with van der Waals surface area (Å²) in [5, 5.41) is 12.3. The maximum Gasteiger partial charge on any atom is 0.0431 e. The fourth-order valence-corrected chi connectivity index (χ4v) is 2.15. The molecule has 0 radical (unpaired) electrons. The summed E-state index contributed by atoms with van der Waals surface area (Å²) in [7, 11) is 0. The van der Waals surface area contributed by atoms with Crippen molar-refractivity contribution >= 4 is 0 Å². The molecule has 76 valence electrons. The van der Waals surface area contributed by atoms with Crippen molar-refractivity contribution in [3.05, 3.63) is 35.4 Å². The van der Waals surface area contributed by atoms with Crippen LogP contribution in [0.15, 0.2) is 24.3 Å². The van der Waals surface area contributed by atoms with Gasteiger partial charge in [-0.25, -0.2) is 0 Å². The second-order valence-corrected chi connectivity index (χ2v) is 3.82. The van der Waals surface area contributed by atoms with Crippen LogP contribution in [-0.2, 0) is 6.42 Å². The fraction of sp³-hybridized carbons (Fsp3) is 0.500. The molecule has 2 rings (SSSR count). The quantitative estimate of drug-likeness (QED) is 0.761. The second-order valence-electron chi connectivity index (χ2n) is 3.82. The average Bonchev–Trinajstić information content (AvgIpc) is 2.26. The van der Waals surface area contributed by atoms with Crippen LogP contribution in [0, 0.1) is 0 Å². The maximum absolute atomic E-state index is 8.82. The Hall–Kier alpha value is -0.860. The van der Waals surface area contributed by atoms with Gasteiger partial charge >= 0.3 is 0 Å². The Morgan fingerprint density at radius 2 is 2.21 bits per heavy atom. The van der Waals surface area contributed by atoms with E-state index in [1.54, 1.807) is 0 Å². The summed E-state index contributed by atoms with van der Waals surface area (Å²) >= 11 is 0. The number of benzene rings is 1. The maximum atomic E-state index is 8.82. The van der Waals surface area contributed by atoms with Gasteiger partial charge in [-0.05, 0) is 36.9 Å². The molecule has 0 fully saturated rings. The van der Waals surface area contributed by atoms with Gasteiger partial charge in [-0.1, -0.05) is 24.3 Å². The highest BCUT2D eigenvalue weighted by atomic mass is 16.2. The van der Waals surface area contributed by atoms with Crippen molar-refractivity contribution < 1.29 is 5.11 Å². The highest BCUT2D eigenvalue weighted by molar-refractivity contribution is 5.32. The molecular weight excluding hydrogens is 174 g/mol. The van der Waals surface area contributed by atoms with E-state index in [0.29, 0.717) is 12.6 Å². The van der Waals surface area contributed by atoms with Crippen molar-refractivity contribution in [2.45, 2.75) is 25.3 Å². The third kappa shape index (κ3) is 1.97. The molecule has 1 aromatic carbocycles. The predicted molar refractivity (Wildman–Crippen MR) is 57.2 cm³/mol. The molecule has 0 aromatic heterocycles. The van der Waals surface area contributed by atoms with Gasteiger partial charge in [0.15, 0.2) is 0 Å². The van der Waals surface area contributed by atoms with E-state index in [1.165, 1.54) is 11.1 Å². The molecule has 0 spiro atoms. The fourth-order valence-electron chi connectivity index (χ4n) is 2.15. The number of aliphatic hydroxyl groups excluding tert-OH is 1. The Bertz CT molecular complexity index is 298. The van der Waals surface area contributed by atoms with Gasteiger partial charge in [0, 0.05) is 12.6 Å². The molecule has 1 aliphatic heterocycles. The minimum Gasteiger partial charge on any atom is -0.396 e. The van der Waals surface area contributed by atoms with Crippen molar-refractivity contribution in [1.29, 1.82) is 0 Å². The second kappa shape index (κ2) is 4.58. The molecule has 0 amide bonds. The lowest BCUT2D eigenvalue weighted by atomic mass is 9.92. The lowest BCUT2D eigenvalue weighted by Gasteiger charge is -2.26.